The Kier molecular flexibility index (Phi) is 3.19. The monoisotopic (exact) mass is 237 g/mol. The standard InChI is InChI=1S/C12H15NO4/c1-16-9-4-3-8-7-13(5-6-14)12(15)10(8)11(9)17-2/h3-4,14H,5-7H2,1-2H3. The zero-order chi connectivity index (χ0) is 12.4. The Morgan fingerprint density at radius 3 is 2.71 bits per heavy atom. The van der Waals surface area contributed by atoms with E-state index >= 15 is 0 Å². The van der Waals surface area contributed by atoms with Crippen molar-refractivity contribution in [1.82, 2.24) is 4.90 Å². The number of hydrogen-bond acceptors (Lipinski definition) is 4. The number of amides is 1. The molecule has 1 aromatic rings. The van der Waals surface area contributed by atoms with E-state index in [0.717, 1.165) is 5.56 Å². The largest absolute Gasteiger partial charge is 0.493 e. The molecule has 1 aromatic carbocycles. The molecule has 0 radical (unpaired) electrons. The predicted molar refractivity (Wildman–Crippen MR) is 61.4 cm³/mol. The minimum atomic E-state index is -0.121. The van der Waals surface area contributed by atoms with Crippen LogP contribution < -0.4 is 9.47 Å². The van der Waals surface area contributed by atoms with E-state index in [1.54, 1.807) is 11.0 Å². The zero-order valence-corrected chi connectivity index (χ0v) is 9.90. The summed E-state index contributed by atoms with van der Waals surface area (Å²) in [5.74, 6) is 0.894. The zero-order valence-electron chi connectivity index (χ0n) is 9.90. The first-order valence-electron chi connectivity index (χ1n) is 5.37. The molecule has 17 heavy (non-hydrogen) atoms. The van der Waals surface area contributed by atoms with Gasteiger partial charge in [-0.3, -0.25) is 4.79 Å². The number of carbonyl (C=O) groups excluding carboxylic acids is 1. The Hall–Kier alpha value is -1.75. The molecular formula is C12H15NO4. The maximum absolute atomic E-state index is 12.1. The summed E-state index contributed by atoms with van der Waals surface area (Å²) in [5.41, 5.74) is 1.45. The van der Waals surface area contributed by atoms with Crippen LogP contribution >= 0.6 is 0 Å². The van der Waals surface area contributed by atoms with Gasteiger partial charge < -0.3 is 19.5 Å². The molecule has 1 aliphatic rings. The minimum absolute atomic E-state index is 0.0425. The van der Waals surface area contributed by atoms with Crippen molar-refractivity contribution in [2.24, 2.45) is 0 Å². The van der Waals surface area contributed by atoms with E-state index in [-0.39, 0.29) is 12.5 Å². The molecule has 0 spiro atoms. The number of ether oxygens (including phenoxy) is 2. The third kappa shape index (κ3) is 1.82. The molecule has 1 amide bonds. The van der Waals surface area contributed by atoms with E-state index in [4.69, 9.17) is 14.6 Å². The molecule has 1 aliphatic heterocycles. The van der Waals surface area contributed by atoms with Gasteiger partial charge in [-0.1, -0.05) is 6.07 Å². The number of methoxy groups -OCH3 is 2. The van der Waals surface area contributed by atoms with Crippen molar-refractivity contribution >= 4 is 5.91 Å². The van der Waals surface area contributed by atoms with E-state index in [9.17, 15) is 4.79 Å². The lowest BCUT2D eigenvalue weighted by molar-refractivity contribution is 0.0743. The van der Waals surface area contributed by atoms with Crippen LogP contribution in [-0.2, 0) is 6.54 Å². The maximum Gasteiger partial charge on any atom is 0.258 e. The molecule has 1 N–H and O–H groups in total. The molecule has 0 saturated carbocycles. The third-order valence-electron chi connectivity index (χ3n) is 2.86. The minimum Gasteiger partial charge on any atom is -0.493 e. The van der Waals surface area contributed by atoms with Gasteiger partial charge in [0, 0.05) is 13.1 Å². The summed E-state index contributed by atoms with van der Waals surface area (Å²) in [6.45, 7) is 0.799. The molecule has 5 nitrogen and oxygen atoms in total. The number of nitrogens with zero attached hydrogens (tertiary/aromatic N) is 1. The van der Waals surface area contributed by atoms with Gasteiger partial charge in [-0.2, -0.15) is 0 Å². The highest BCUT2D eigenvalue weighted by molar-refractivity contribution is 6.01. The van der Waals surface area contributed by atoms with Crippen LogP contribution in [0.1, 0.15) is 15.9 Å². The highest BCUT2D eigenvalue weighted by Crippen LogP contribution is 2.37. The molecule has 0 saturated heterocycles. The predicted octanol–water partition coefficient (Wildman–Crippen LogP) is 0.652. The molecule has 2 rings (SSSR count). The number of carbonyl (C=O) groups is 1. The number of benzene rings is 1. The van der Waals surface area contributed by atoms with Crippen molar-refractivity contribution in [1.29, 1.82) is 0 Å². The Balaban J connectivity index is 2.45. The van der Waals surface area contributed by atoms with Gasteiger partial charge in [0.15, 0.2) is 11.5 Å². The van der Waals surface area contributed by atoms with Crippen molar-refractivity contribution in [3.63, 3.8) is 0 Å². The van der Waals surface area contributed by atoms with E-state index in [1.165, 1.54) is 14.2 Å². The van der Waals surface area contributed by atoms with Gasteiger partial charge in [-0.25, -0.2) is 0 Å². The van der Waals surface area contributed by atoms with Crippen molar-refractivity contribution < 1.29 is 19.4 Å². The molecule has 0 fully saturated rings. The van der Waals surface area contributed by atoms with Crippen LogP contribution in [0.3, 0.4) is 0 Å². The van der Waals surface area contributed by atoms with Crippen LogP contribution in [0.2, 0.25) is 0 Å². The second-order valence-corrected chi connectivity index (χ2v) is 3.79. The Morgan fingerprint density at radius 1 is 1.35 bits per heavy atom. The summed E-state index contributed by atoms with van der Waals surface area (Å²) in [5, 5.41) is 8.90. The quantitative estimate of drug-likeness (QED) is 0.835. The van der Waals surface area contributed by atoms with E-state index < -0.39 is 0 Å². The fourth-order valence-electron chi connectivity index (χ4n) is 2.07. The lowest BCUT2D eigenvalue weighted by Crippen LogP contribution is -2.27. The molecule has 1 heterocycles. The van der Waals surface area contributed by atoms with Crippen LogP contribution in [-0.4, -0.2) is 43.3 Å². The third-order valence-corrected chi connectivity index (χ3v) is 2.86. The van der Waals surface area contributed by atoms with Crippen molar-refractivity contribution in [2.45, 2.75) is 6.54 Å². The second kappa shape index (κ2) is 4.63. The highest BCUT2D eigenvalue weighted by atomic mass is 16.5. The number of aliphatic hydroxyl groups excluding tert-OH is 1. The lowest BCUT2D eigenvalue weighted by Gasteiger charge is -2.13. The fourth-order valence-corrected chi connectivity index (χ4v) is 2.07. The van der Waals surface area contributed by atoms with Gasteiger partial charge >= 0.3 is 0 Å². The summed E-state index contributed by atoms with van der Waals surface area (Å²) in [4.78, 5) is 13.7. The van der Waals surface area contributed by atoms with Crippen LogP contribution in [0.4, 0.5) is 0 Å². The second-order valence-electron chi connectivity index (χ2n) is 3.79. The fraction of sp³-hybridized carbons (Fsp3) is 0.417. The Morgan fingerprint density at radius 2 is 2.12 bits per heavy atom. The Bertz CT molecular complexity index is 444. The van der Waals surface area contributed by atoms with E-state index in [1.807, 2.05) is 6.07 Å². The van der Waals surface area contributed by atoms with Crippen molar-refractivity contribution in [3.8, 4) is 11.5 Å². The van der Waals surface area contributed by atoms with Gasteiger partial charge in [0.25, 0.3) is 5.91 Å². The molecule has 0 aromatic heterocycles. The van der Waals surface area contributed by atoms with Crippen LogP contribution in [0.5, 0.6) is 11.5 Å². The summed E-state index contributed by atoms with van der Waals surface area (Å²) in [7, 11) is 3.05. The molecule has 5 heteroatoms. The van der Waals surface area contributed by atoms with Gasteiger partial charge in [0.1, 0.15) is 0 Å². The van der Waals surface area contributed by atoms with Crippen LogP contribution in [0.15, 0.2) is 12.1 Å². The first kappa shape index (κ1) is 11.7. The molecular weight excluding hydrogens is 222 g/mol. The van der Waals surface area contributed by atoms with Crippen molar-refractivity contribution in [3.05, 3.63) is 23.3 Å². The number of rotatable bonds is 4. The van der Waals surface area contributed by atoms with Gasteiger partial charge in [-0.15, -0.1) is 0 Å². The molecule has 92 valence electrons. The smallest absolute Gasteiger partial charge is 0.258 e. The van der Waals surface area contributed by atoms with Crippen LogP contribution in [0.25, 0.3) is 0 Å². The normalized spacial score (nSPS) is 13.8. The molecule has 0 unspecified atom stereocenters. The van der Waals surface area contributed by atoms with Gasteiger partial charge in [0.05, 0.1) is 26.4 Å². The summed E-state index contributed by atoms with van der Waals surface area (Å²) < 4.78 is 10.4. The van der Waals surface area contributed by atoms with Crippen LogP contribution in [0, 0.1) is 0 Å². The topological polar surface area (TPSA) is 59.0 Å². The highest BCUT2D eigenvalue weighted by Gasteiger charge is 2.31. The van der Waals surface area contributed by atoms with Crippen molar-refractivity contribution in [2.75, 3.05) is 27.4 Å². The first-order valence-corrected chi connectivity index (χ1v) is 5.37. The Labute approximate surface area is 99.6 Å². The summed E-state index contributed by atoms with van der Waals surface area (Å²) >= 11 is 0. The maximum atomic E-state index is 12.1. The average molecular weight is 237 g/mol. The summed E-state index contributed by atoms with van der Waals surface area (Å²) in [6.07, 6.45) is 0. The lowest BCUT2D eigenvalue weighted by atomic mass is 10.1. The number of fused-ring (bicyclic) bond motifs is 1. The average Bonchev–Trinajstić information content (AvgIpc) is 2.66. The first-order chi connectivity index (χ1) is 8.22. The number of hydrogen-bond donors (Lipinski definition) is 1. The number of β-amino-alcohol motifs (C(OH)–C–C–N with tert-alkyl or cyclic N) is 1. The molecule has 0 aliphatic carbocycles. The molecule has 0 atom stereocenters. The SMILES string of the molecule is COc1ccc2c(c1OC)C(=O)N(CCO)C2. The van der Waals surface area contributed by atoms with E-state index in [2.05, 4.69) is 0 Å². The number of aliphatic hydroxyl groups is 1. The summed E-state index contributed by atoms with van der Waals surface area (Å²) in [6, 6.07) is 3.64. The van der Waals surface area contributed by atoms with Gasteiger partial charge in [-0.05, 0) is 11.6 Å². The van der Waals surface area contributed by atoms with E-state index in [0.29, 0.717) is 30.2 Å². The van der Waals surface area contributed by atoms with Gasteiger partial charge in [0.2, 0.25) is 0 Å². The molecule has 0 bridgehead atoms.